The van der Waals surface area contributed by atoms with Crippen LogP contribution in [-0.2, 0) is 23.9 Å². The number of hydrogen-bond acceptors (Lipinski definition) is 7. The van der Waals surface area contributed by atoms with Gasteiger partial charge in [-0.1, -0.05) is 48.5 Å². The van der Waals surface area contributed by atoms with E-state index in [1.165, 1.54) is 0 Å². The molecular weight excluding hydrogens is 404 g/mol. The maximum atomic E-state index is 12.7. The van der Waals surface area contributed by atoms with Crippen LogP contribution in [0.15, 0.2) is 60.7 Å². The molecule has 0 unspecified atom stereocenters. The molecule has 31 heavy (non-hydrogen) atoms. The van der Waals surface area contributed by atoms with E-state index in [1.54, 1.807) is 60.7 Å². The number of ether oxygens (including phenoxy) is 2. The van der Waals surface area contributed by atoms with Gasteiger partial charge in [0.15, 0.2) is 6.10 Å². The molecule has 2 rings (SSSR count). The molecule has 0 heterocycles. The van der Waals surface area contributed by atoms with E-state index in [9.17, 15) is 24.3 Å². The van der Waals surface area contributed by atoms with Gasteiger partial charge in [0.2, 0.25) is 0 Å². The lowest BCUT2D eigenvalue weighted by atomic mass is 9.99. The van der Waals surface area contributed by atoms with Crippen LogP contribution in [0, 0.1) is 0 Å². The minimum Gasteiger partial charge on any atom is -0.469 e. The second-order valence-electron chi connectivity index (χ2n) is 6.54. The van der Waals surface area contributed by atoms with Crippen molar-refractivity contribution >= 4 is 23.8 Å². The fourth-order valence-electron chi connectivity index (χ4n) is 2.81. The molecule has 0 saturated carbocycles. The number of aliphatic hydroxyl groups is 1. The smallest absolute Gasteiger partial charge is 0.328 e. The number of carbonyl (C=O) groups excluding carboxylic acids is 4. The molecule has 0 aliphatic rings. The Kier molecular flexibility index (Phi) is 8.71. The van der Waals surface area contributed by atoms with Gasteiger partial charge in [-0.05, 0) is 17.7 Å². The summed E-state index contributed by atoms with van der Waals surface area (Å²) in [6, 6.07) is 14.2. The highest BCUT2D eigenvalue weighted by Crippen LogP contribution is 2.18. The zero-order valence-electron chi connectivity index (χ0n) is 17.1. The molecule has 164 valence electrons. The Morgan fingerprint density at radius 2 is 1.45 bits per heavy atom. The van der Waals surface area contributed by atoms with Crippen molar-refractivity contribution in [2.75, 3.05) is 14.2 Å². The van der Waals surface area contributed by atoms with Crippen molar-refractivity contribution in [2.24, 2.45) is 0 Å². The maximum absolute atomic E-state index is 12.7. The lowest BCUT2D eigenvalue weighted by molar-refractivity contribution is -0.151. The molecule has 9 nitrogen and oxygen atoms in total. The van der Waals surface area contributed by atoms with E-state index in [4.69, 9.17) is 0 Å². The third-order valence-corrected chi connectivity index (χ3v) is 4.47. The van der Waals surface area contributed by atoms with Gasteiger partial charge in [-0.25, -0.2) is 4.79 Å². The number of aliphatic hydroxyl groups excluding tert-OH is 1. The molecule has 0 fully saturated rings. The molecule has 0 aliphatic heterocycles. The van der Waals surface area contributed by atoms with Crippen LogP contribution in [0.1, 0.15) is 28.4 Å². The highest BCUT2D eigenvalue weighted by atomic mass is 16.5. The van der Waals surface area contributed by atoms with Crippen LogP contribution in [0.4, 0.5) is 0 Å². The summed E-state index contributed by atoms with van der Waals surface area (Å²) in [5.74, 6) is -3.10. The van der Waals surface area contributed by atoms with Crippen molar-refractivity contribution in [2.45, 2.75) is 24.6 Å². The van der Waals surface area contributed by atoms with Gasteiger partial charge in [0.05, 0.1) is 26.7 Å². The van der Waals surface area contributed by atoms with Gasteiger partial charge in [0, 0.05) is 5.56 Å². The Balaban J connectivity index is 2.23. The average molecular weight is 428 g/mol. The predicted octanol–water partition coefficient (Wildman–Crippen LogP) is 0.740. The minimum atomic E-state index is -1.76. The Morgan fingerprint density at radius 1 is 0.871 bits per heavy atom. The largest absolute Gasteiger partial charge is 0.469 e. The highest BCUT2D eigenvalue weighted by Gasteiger charge is 2.33. The molecule has 0 spiro atoms. The third kappa shape index (κ3) is 6.65. The summed E-state index contributed by atoms with van der Waals surface area (Å²) in [4.78, 5) is 48.8. The van der Waals surface area contributed by atoms with E-state index in [-0.39, 0.29) is 0 Å². The molecule has 3 atom stereocenters. The van der Waals surface area contributed by atoms with Gasteiger partial charge in [-0.3, -0.25) is 14.4 Å². The summed E-state index contributed by atoms with van der Waals surface area (Å²) >= 11 is 0. The number of hydrogen-bond donors (Lipinski definition) is 3. The molecule has 2 aromatic rings. The van der Waals surface area contributed by atoms with E-state index >= 15 is 0 Å². The lowest BCUT2D eigenvalue weighted by Gasteiger charge is -2.25. The van der Waals surface area contributed by atoms with Crippen LogP contribution in [0.2, 0.25) is 0 Å². The molecular formula is C22H24N2O7. The zero-order valence-corrected chi connectivity index (χ0v) is 17.1. The highest BCUT2D eigenvalue weighted by molar-refractivity contribution is 5.95. The summed E-state index contributed by atoms with van der Waals surface area (Å²) in [6.07, 6.45) is -2.24. The Morgan fingerprint density at radius 3 is 2.00 bits per heavy atom. The van der Waals surface area contributed by atoms with Crippen LogP contribution < -0.4 is 10.6 Å². The number of benzene rings is 2. The van der Waals surface area contributed by atoms with Gasteiger partial charge >= 0.3 is 11.9 Å². The first-order valence-electron chi connectivity index (χ1n) is 9.41. The van der Waals surface area contributed by atoms with Gasteiger partial charge < -0.3 is 25.2 Å². The van der Waals surface area contributed by atoms with Crippen molar-refractivity contribution in [1.82, 2.24) is 10.6 Å². The Bertz CT molecular complexity index is 903. The molecule has 9 heteroatoms. The number of methoxy groups -OCH3 is 2. The summed E-state index contributed by atoms with van der Waals surface area (Å²) in [6.45, 7) is 0. The number of nitrogens with one attached hydrogen (secondary N) is 2. The first-order valence-corrected chi connectivity index (χ1v) is 9.41. The van der Waals surface area contributed by atoms with Crippen LogP contribution in [0.5, 0.6) is 0 Å². The summed E-state index contributed by atoms with van der Waals surface area (Å²) in [5.41, 5.74) is 0.811. The number of carbonyl (C=O) groups is 4. The van der Waals surface area contributed by atoms with E-state index in [2.05, 4.69) is 20.1 Å². The lowest BCUT2D eigenvalue weighted by Crippen LogP contribution is -2.51. The van der Waals surface area contributed by atoms with E-state index < -0.39 is 48.4 Å². The molecule has 0 saturated heterocycles. The van der Waals surface area contributed by atoms with Crippen LogP contribution in [0.25, 0.3) is 0 Å². The molecule has 2 amide bonds. The van der Waals surface area contributed by atoms with Gasteiger partial charge in [-0.2, -0.15) is 0 Å². The topological polar surface area (TPSA) is 131 Å². The summed E-state index contributed by atoms with van der Waals surface area (Å²) < 4.78 is 9.11. The Hall–Kier alpha value is -3.72. The van der Waals surface area contributed by atoms with Gasteiger partial charge in [0.25, 0.3) is 11.8 Å². The summed E-state index contributed by atoms with van der Waals surface area (Å²) in [5, 5.41) is 15.6. The number of rotatable bonds is 9. The fraction of sp³-hybridized carbons (Fsp3) is 0.273. The fourth-order valence-corrected chi connectivity index (χ4v) is 2.81. The molecule has 0 bridgehead atoms. The van der Waals surface area contributed by atoms with Crippen molar-refractivity contribution in [3.8, 4) is 0 Å². The number of esters is 2. The van der Waals surface area contributed by atoms with E-state index in [0.717, 1.165) is 14.2 Å². The predicted molar refractivity (Wildman–Crippen MR) is 110 cm³/mol. The van der Waals surface area contributed by atoms with Crippen LogP contribution in [-0.4, -0.2) is 55.2 Å². The van der Waals surface area contributed by atoms with Crippen molar-refractivity contribution < 1.29 is 33.8 Å². The molecule has 2 aromatic carbocycles. The molecule has 0 aliphatic carbocycles. The van der Waals surface area contributed by atoms with Crippen molar-refractivity contribution in [3.05, 3.63) is 71.8 Å². The Labute approximate surface area is 179 Å². The normalized spacial score (nSPS) is 13.3. The monoisotopic (exact) mass is 428 g/mol. The van der Waals surface area contributed by atoms with Crippen molar-refractivity contribution in [1.29, 1.82) is 0 Å². The quantitative estimate of drug-likeness (QED) is 0.502. The number of amides is 2. The second-order valence-corrected chi connectivity index (χ2v) is 6.54. The zero-order chi connectivity index (χ0) is 22.8. The molecule has 0 aromatic heterocycles. The summed E-state index contributed by atoms with van der Waals surface area (Å²) in [7, 11) is 2.24. The maximum Gasteiger partial charge on any atom is 0.328 e. The standard InChI is InChI=1S/C22H24N2O7/c1-30-17(25)13-16(22(29)31-2)23-21(28)19(26)18(14-9-5-3-6-10-14)24-20(27)15-11-7-4-8-12-15/h3-12,16,18-19,26H,13H2,1-2H3,(H,23,28)(H,24,27)/t16-,18-,19+/m0/s1. The third-order valence-electron chi connectivity index (χ3n) is 4.47. The van der Waals surface area contributed by atoms with Crippen LogP contribution in [0.3, 0.4) is 0 Å². The molecule has 0 radical (unpaired) electrons. The van der Waals surface area contributed by atoms with E-state index in [0.29, 0.717) is 11.1 Å². The van der Waals surface area contributed by atoms with Gasteiger partial charge in [0.1, 0.15) is 6.04 Å². The SMILES string of the molecule is COC(=O)C[C@H](NC(=O)[C@H](O)[C@@H](NC(=O)c1ccccc1)c1ccccc1)C(=O)OC. The van der Waals surface area contributed by atoms with E-state index in [1.807, 2.05) is 0 Å². The van der Waals surface area contributed by atoms with Crippen LogP contribution >= 0.6 is 0 Å². The first kappa shape index (κ1) is 23.6. The average Bonchev–Trinajstić information content (AvgIpc) is 2.81. The minimum absolute atomic E-state index is 0.342. The first-order chi connectivity index (χ1) is 14.9. The van der Waals surface area contributed by atoms with Gasteiger partial charge in [-0.15, -0.1) is 0 Å². The van der Waals surface area contributed by atoms with Crippen molar-refractivity contribution in [3.63, 3.8) is 0 Å². The molecule has 3 N–H and O–H groups in total. The second kappa shape index (κ2) is 11.5.